The van der Waals surface area contributed by atoms with Gasteiger partial charge in [-0.25, -0.2) is 0 Å². The van der Waals surface area contributed by atoms with E-state index in [2.05, 4.69) is 15.5 Å². The Hall–Kier alpha value is -2.86. The predicted molar refractivity (Wildman–Crippen MR) is 89.8 cm³/mol. The highest BCUT2D eigenvalue weighted by Gasteiger charge is 2.08. The van der Waals surface area contributed by atoms with Crippen LogP contribution in [0.3, 0.4) is 0 Å². The van der Waals surface area contributed by atoms with E-state index in [1.54, 1.807) is 14.2 Å². The molecule has 0 unspecified atom stereocenters. The van der Waals surface area contributed by atoms with E-state index in [0.29, 0.717) is 36.4 Å². The minimum absolute atomic E-state index is 0.494. The topological polar surface area (TPSA) is 69.4 Å². The molecule has 0 fully saturated rings. The summed E-state index contributed by atoms with van der Waals surface area (Å²) in [7, 11) is 3.24. The molecule has 0 aliphatic heterocycles. The number of hydrogen-bond acceptors (Lipinski definition) is 6. The summed E-state index contributed by atoms with van der Waals surface area (Å²) in [6.45, 7) is 1.15. The first kappa shape index (κ1) is 16.0. The van der Waals surface area contributed by atoms with Crippen molar-refractivity contribution < 1.29 is 13.9 Å². The zero-order valence-electron chi connectivity index (χ0n) is 13.7. The molecule has 124 valence electrons. The van der Waals surface area contributed by atoms with Gasteiger partial charge < -0.3 is 19.2 Å². The van der Waals surface area contributed by atoms with Gasteiger partial charge in [-0.15, -0.1) is 10.2 Å². The van der Waals surface area contributed by atoms with E-state index < -0.39 is 0 Å². The molecule has 3 rings (SSSR count). The van der Waals surface area contributed by atoms with E-state index in [1.807, 2.05) is 48.5 Å². The van der Waals surface area contributed by atoms with Crippen molar-refractivity contribution in [1.29, 1.82) is 0 Å². The quantitative estimate of drug-likeness (QED) is 0.720. The zero-order chi connectivity index (χ0) is 16.8. The standard InChI is InChI=1S/C18H19N3O3/c1-22-15-9-8-13(10-16(15)23-2)11-19-12-17-20-21-18(24-17)14-6-4-3-5-7-14/h3-10,19H,11-12H2,1-2H3. The minimum atomic E-state index is 0.494. The highest BCUT2D eigenvalue weighted by Crippen LogP contribution is 2.27. The van der Waals surface area contributed by atoms with Crippen molar-refractivity contribution in [2.45, 2.75) is 13.1 Å². The van der Waals surface area contributed by atoms with Gasteiger partial charge in [0.1, 0.15) is 0 Å². The lowest BCUT2D eigenvalue weighted by molar-refractivity contribution is 0.354. The molecule has 2 aromatic carbocycles. The van der Waals surface area contributed by atoms with E-state index in [1.165, 1.54) is 0 Å². The molecule has 0 amide bonds. The molecule has 0 aliphatic carbocycles. The second-order valence-corrected chi connectivity index (χ2v) is 5.16. The summed E-state index contributed by atoms with van der Waals surface area (Å²) in [5.41, 5.74) is 1.99. The van der Waals surface area contributed by atoms with Crippen molar-refractivity contribution in [3.05, 3.63) is 60.0 Å². The van der Waals surface area contributed by atoms with E-state index in [0.717, 1.165) is 11.1 Å². The molecule has 0 saturated heterocycles. The highest BCUT2D eigenvalue weighted by molar-refractivity contribution is 5.51. The molecule has 1 heterocycles. The maximum absolute atomic E-state index is 5.66. The van der Waals surface area contributed by atoms with Gasteiger partial charge in [0.05, 0.1) is 20.8 Å². The van der Waals surface area contributed by atoms with Gasteiger partial charge in [-0.05, 0) is 29.8 Å². The summed E-state index contributed by atoms with van der Waals surface area (Å²) in [5, 5.41) is 11.4. The van der Waals surface area contributed by atoms with Gasteiger partial charge in [-0.2, -0.15) is 0 Å². The van der Waals surface area contributed by atoms with Gasteiger partial charge in [-0.1, -0.05) is 24.3 Å². The van der Waals surface area contributed by atoms with Crippen molar-refractivity contribution in [3.63, 3.8) is 0 Å². The molecule has 1 aromatic heterocycles. The fourth-order valence-corrected chi connectivity index (χ4v) is 2.33. The molecule has 6 nitrogen and oxygen atoms in total. The molecule has 1 N–H and O–H groups in total. The average Bonchev–Trinajstić information content (AvgIpc) is 3.11. The third-order valence-electron chi connectivity index (χ3n) is 3.54. The molecule has 0 bridgehead atoms. The van der Waals surface area contributed by atoms with Gasteiger partial charge in [0.2, 0.25) is 11.8 Å². The van der Waals surface area contributed by atoms with E-state index in [-0.39, 0.29) is 0 Å². The van der Waals surface area contributed by atoms with Crippen molar-refractivity contribution in [2.24, 2.45) is 0 Å². The Balaban J connectivity index is 1.58. The first-order valence-corrected chi connectivity index (χ1v) is 7.59. The second-order valence-electron chi connectivity index (χ2n) is 5.16. The molecule has 0 atom stereocenters. The number of nitrogens with one attached hydrogen (secondary N) is 1. The molecule has 3 aromatic rings. The van der Waals surface area contributed by atoms with Crippen molar-refractivity contribution >= 4 is 0 Å². The monoisotopic (exact) mass is 325 g/mol. The van der Waals surface area contributed by atoms with E-state index in [9.17, 15) is 0 Å². The first-order valence-electron chi connectivity index (χ1n) is 7.59. The normalized spacial score (nSPS) is 10.6. The number of methoxy groups -OCH3 is 2. The Morgan fingerprint density at radius 2 is 1.71 bits per heavy atom. The molecule has 6 heteroatoms. The van der Waals surface area contributed by atoms with Gasteiger partial charge in [0, 0.05) is 12.1 Å². The molecule has 0 radical (unpaired) electrons. The van der Waals surface area contributed by atoms with Gasteiger partial charge >= 0.3 is 0 Å². The summed E-state index contributed by atoms with van der Waals surface area (Å²) in [5.74, 6) is 2.50. The fourth-order valence-electron chi connectivity index (χ4n) is 2.33. The van der Waals surface area contributed by atoms with Crippen LogP contribution in [0.25, 0.3) is 11.5 Å². The number of ether oxygens (including phenoxy) is 2. The summed E-state index contributed by atoms with van der Waals surface area (Å²) >= 11 is 0. The summed E-state index contributed by atoms with van der Waals surface area (Å²) in [6.07, 6.45) is 0. The first-order chi connectivity index (χ1) is 11.8. The fraction of sp³-hybridized carbons (Fsp3) is 0.222. The average molecular weight is 325 g/mol. The largest absolute Gasteiger partial charge is 0.493 e. The van der Waals surface area contributed by atoms with Crippen LogP contribution in [0.2, 0.25) is 0 Å². The van der Waals surface area contributed by atoms with Crippen LogP contribution in [-0.2, 0) is 13.1 Å². The Morgan fingerprint density at radius 1 is 0.917 bits per heavy atom. The molecular formula is C18H19N3O3. The maximum atomic E-state index is 5.66. The number of benzene rings is 2. The van der Waals surface area contributed by atoms with Gasteiger partial charge in [-0.3, -0.25) is 0 Å². The predicted octanol–water partition coefficient (Wildman–Crippen LogP) is 3.04. The lowest BCUT2D eigenvalue weighted by atomic mass is 10.2. The maximum Gasteiger partial charge on any atom is 0.247 e. The molecular weight excluding hydrogens is 306 g/mol. The van der Waals surface area contributed by atoms with Crippen molar-refractivity contribution in [2.75, 3.05) is 14.2 Å². The third-order valence-corrected chi connectivity index (χ3v) is 3.54. The number of nitrogens with zero attached hydrogens (tertiary/aromatic N) is 2. The van der Waals surface area contributed by atoms with Crippen LogP contribution in [0.5, 0.6) is 11.5 Å². The molecule has 0 saturated carbocycles. The SMILES string of the molecule is COc1ccc(CNCc2nnc(-c3ccccc3)o2)cc1OC. The van der Waals surface area contributed by atoms with E-state index >= 15 is 0 Å². The highest BCUT2D eigenvalue weighted by atomic mass is 16.5. The molecule has 24 heavy (non-hydrogen) atoms. The lowest BCUT2D eigenvalue weighted by Gasteiger charge is -2.09. The third kappa shape index (κ3) is 3.72. The summed E-state index contributed by atoms with van der Waals surface area (Å²) in [6, 6.07) is 15.5. The number of rotatable bonds is 7. The Morgan fingerprint density at radius 3 is 2.46 bits per heavy atom. The molecule has 0 aliphatic rings. The second kappa shape index (κ2) is 7.61. The van der Waals surface area contributed by atoms with Crippen LogP contribution in [0.1, 0.15) is 11.5 Å². The summed E-state index contributed by atoms with van der Waals surface area (Å²) < 4.78 is 16.2. The van der Waals surface area contributed by atoms with Gasteiger partial charge in [0.15, 0.2) is 11.5 Å². The Labute approximate surface area is 140 Å². The van der Waals surface area contributed by atoms with Gasteiger partial charge in [0.25, 0.3) is 0 Å². The molecule has 0 spiro atoms. The number of aromatic nitrogens is 2. The number of hydrogen-bond donors (Lipinski definition) is 1. The van der Waals surface area contributed by atoms with Crippen LogP contribution in [-0.4, -0.2) is 24.4 Å². The van der Waals surface area contributed by atoms with Crippen LogP contribution >= 0.6 is 0 Å². The van der Waals surface area contributed by atoms with E-state index in [4.69, 9.17) is 13.9 Å². The van der Waals surface area contributed by atoms with Crippen LogP contribution < -0.4 is 14.8 Å². The Bertz CT molecular complexity index is 787. The zero-order valence-corrected chi connectivity index (χ0v) is 13.7. The van der Waals surface area contributed by atoms with Crippen molar-refractivity contribution in [3.8, 4) is 23.0 Å². The Kier molecular flexibility index (Phi) is 5.08. The smallest absolute Gasteiger partial charge is 0.247 e. The minimum Gasteiger partial charge on any atom is -0.493 e. The van der Waals surface area contributed by atoms with Crippen molar-refractivity contribution in [1.82, 2.24) is 15.5 Å². The lowest BCUT2D eigenvalue weighted by Crippen LogP contribution is -2.13. The summed E-state index contributed by atoms with van der Waals surface area (Å²) in [4.78, 5) is 0. The van der Waals surface area contributed by atoms with Crippen LogP contribution in [0.4, 0.5) is 0 Å². The van der Waals surface area contributed by atoms with Crippen LogP contribution in [0.15, 0.2) is 52.9 Å². The van der Waals surface area contributed by atoms with Crippen LogP contribution in [0, 0.1) is 0 Å².